The van der Waals surface area contributed by atoms with Crippen LogP contribution in [0.1, 0.15) is 19.8 Å². The Morgan fingerprint density at radius 2 is 2.17 bits per heavy atom. The highest BCUT2D eigenvalue weighted by Gasteiger charge is 2.27. The molecule has 1 rings (SSSR count). The maximum atomic E-state index is 11.8. The van der Waals surface area contributed by atoms with Gasteiger partial charge in [0.05, 0.1) is 12.5 Å². The van der Waals surface area contributed by atoms with Gasteiger partial charge >= 0.3 is 5.97 Å². The van der Waals surface area contributed by atoms with Crippen LogP contribution in [0.4, 0.5) is 0 Å². The minimum atomic E-state index is -1.00. The van der Waals surface area contributed by atoms with E-state index in [9.17, 15) is 14.4 Å². The minimum Gasteiger partial charge on any atom is -0.480 e. The van der Waals surface area contributed by atoms with Crippen LogP contribution in [0.15, 0.2) is 0 Å². The first kappa shape index (κ1) is 14.4. The number of nitrogens with one attached hydrogen (secondary N) is 1. The average molecular weight is 257 g/mol. The molecule has 4 N–H and O–H groups in total. The van der Waals surface area contributed by atoms with E-state index >= 15 is 0 Å². The first-order valence-electron chi connectivity index (χ1n) is 5.95. The number of rotatable bonds is 5. The normalized spacial score (nSPS) is 21.4. The summed E-state index contributed by atoms with van der Waals surface area (Å²) in [6.07, 6.45) is 1.45. The molecule has 0 radical (unpaired) electrons. The molecular weight excluding hydrogens is 238 g/mol. The van der Waals surface area contributed by atoms with E-state index in [-0.39, 0.29) is 24.3 Å². The number of nitrogens with two attached hydrogens (primary N) is 1. The maximum absolute atomic E-state index is 11.8. The Kier molecular flexibility index (Phi) is 5.08. The molecule has 0 aliphatic carbocycles. The molecule has 1 unspecified atom stereocenters. The summed E-state index contributed by atoms with van der Waals surface area (Å²) in [7, 11) is 0. The van der Waals surface area contributed by atoms with Gasteiger partial charge in [-0.2, -0.15) is 0 Å². The highest BCUT2D eigenvalue weighted by atomic mass is 16.4. The molecule has 1 aliphatic heterocycles. The third-order valence-corrected chi connectivity index (χ3v) is 3.11. The van der Waals surface area contributed by atoms with Crippen molar-refractivity contribution < 1.29 is 19.5 Å². The van der Waals surface area contributed by atoms with E-state index in [1.807, 2.05) is 0 Å². The van der Waals surface area contributed by atoms with Gasteiger partial charge in [-0.1, -0.05) is 0 Å². The van der Waals surface area contributed by atoms with Gasteiger partial charge in [-0.25, -0.2) is 0 Å². The van der Waals surface area contributed by atoms with E-state index < -0.39 is 12.0 Å². The Morgan fingerprint density at radius 1 is 1.50 bits per heavy atom. The van der Waals surface area contributed by atoms with Crippen molar-refractivity contribution in [3.05, 3.63) is 0 Å². The van der Waals surface area contributed by atoms with Crippen molar-refractivity contribution in [3.8, 4) is 0 Å². The zero-order valence-corrected chi connectivity index (χ0v) is 10.4. The minimum absolute atomic E-state index is 0.0427. The number of piperidine rings is 1. The fraction of sp³-hybridized carbons (Fsp3) is 0.727. The van der Waals surface area contributed by atoms with Crippen LogP contribution in [0, 0.1) is 5.92 Å². The van der Waals surface area contributed by atoms with Crippen molar-refractivity contribution in [2.45, 2.75) is 25.8 Å². The number of likely N-dealkylation sites (tertiary alicyclic amines) is 1. The van der Waals surface area contributed by atoms with Crippen LogP contribution in [-0.2, 0) is 14.4 Å². The summed E-state index contributed by atoms with van der Waals surface area (Å²) in [6.45, 7) is 2.35. The molecule has 0 aromatic heterocycles. The third kappa shape index (κ3) is 3.99. The van der Waals surface area contributed by atoms with Crippen LogP contribution in [0.5, 0.6) is 0 Å². The lowest BCUT2D eigenvalue weighted by atomic mass is 9.97. The van der Waals surface area contributed by atoms with Crippen LogP contribution < -0.4 is 11.1 Å². The smallest absolute Gasteiger partial charge is 0.320 e. The van der Waals surface area contributed by atoms with Gasteiger partial charge in [-0.3, -0.25) is 19.7 Å². The molecule has 1 saturated heterocycles. The van der Waals surface area contributed by atoms with Gasteiger partial charge in [0.2, 0.25) is 11.8 Å². The maximum Gasteiger partial charge on any atom is 0.320 e. The summed E-state index contributed by atoms with van der Waals surface area (Å²) in [5.74, 6) is -1.88. The number of hydrogen-bond acceptors (Lipinski definition) is 4. The van der Waals surface area contributed by atoms with Crippen molar-refractivity contribution in [3.63, 3.8) is 0 Å². The van der Waals surface area contributed by atoms with Crippen molar-refractivity contribution in [2.75, 3.05) is 19.6 Å². The molecule has 1 heterocycles. The molecule has 1 fully saturated rings. The van der Waals surface area contributed by atoms with E-state index in [1.54, 1.807) is 4.90 Å². The number of carbonyl (C=O) groups is 3. The SMILES string of the molecule is C[C@H](NCC(=O)N1CCCC(C(N)=O)C1)C(=O)O. The summed E-state index contributed by atoms with van der Waals surface area (Å²) >= 11 is 0. The lowest BCUT2D eigenvalue weighted by molar-refractivity contribution is -0.139. The summed E-state index contributed by atoms with van der Waals surface area (Å²) in [5, 5.41) is 11.3. The Labute approximate surface area is 105 Å². The predicted molar refractivity (Wildman–Crippen MR) is 63.6 cm³/mol. The fourth-order valence-corrected chi connectivity index (χ4v) is 1.88. The fourth-order valence-electron chi connectivity index (χ4n) is 1.88. The second-order valence-corrected chi connectivity index (χ2v) is 4.52. The molecule has 7 nitrogen and oxygen atoms in total. The number of amides is 2. The standard InChI is InChI=1S/C11H19N3O4/c1-7(11(17)18)13-5-9(15)14-4-2-3-8(6-14)10(12)16/h7-8,13H,2-6H2,1H3,(H2,12,16)(H,17,18)/t7-,8?/m0/s1. The van der Waals surface area contributed by atoms with E-state index in [2.05, 4.69) is 5.32 Å². The second-order valence-electron chi connectivity index (χ2n) is 4.52. The average Bonchev–Trinajstić information content (AvgIpc) is 2.35. The lowest BCUT2D eigenvalue weighted by Crippen LogP contribution is -2.48. The Balaban J connectivity index is 2.42. The summed E-state index contributed by atoms with van der Waals surface area (Å²) in [4.78, 5) is 35.0. The molecule has 0 saturated carbocycles. The van der Waals surface area contributed by atoms with Crippen LogP contribution >= 0.6 is 0 Å². The number of carbonyl (C=O) groups excluding carboxylic acids is 2. The van der Waals surface area contributed by atoms with Gasteiger partial charge in [-0.05, 0) is 19.8 Å². The number of nitrogens with zero attached hydrogens (tertiary/aromatic N) is 1. The molecule has 2 amide bonds. The van der Waals surface area contributed by atoms with Gasteiger partial charge in [0.1, 0.15) is 6.04 Å². The molecular formula is C11H19N3O4. The Hall–Kier alpha value is -1.63. The lowest BCUT2D eigenvalue weighted by Gasteiger charge is -2.31. The van der Waals surface area contributed by atoms with E-state index in [0.717, 1.165) is 6.42 Å². The van der Waals surface area contributed by atoms with Crippen molar-refractivity contribution in [1.29, 1.82) is 0 Å². The zero-order chi connectivity index (χ0) is 13.7. The highest BCUT2D eigenvalue weighted by Crippen LogP contribution is 2.15. The largest absolute Gasteiger partial charge is 0.480 e. The first-order chi connectivity index (χ1) is 8.41. The molecule has 0 aromatic rings. The first-order valence-corrected chi connectivity index (χ1v) is 5.95. The van der Waals surface area contributed by atoms with Gasteiger partial charge in [0, 0.05) is 13.1 Å². The van der Waals surface area contributed by atoms with Crippen LogP contribution in [0.2, 0.25) is 0 Å². The van der Waals surface area contributed by atoms with Gasteiger partial charge in [0.25, 0.3) is 0 Å². The van der Waals surface area contributed by atoms with E-state index in [0.29, 0.717) is 19.5 Å². The quantitative estimate of drug-likeness (QED) is 0.571. The third-order valence-electron chi connectivity index (χ3n) is 3.11. The van der Waals surface area contributed by atoms with Crippen molar-refractivity contribution in [2.24, 2.45) is 11.7 Å². The molecule has 0 spiro atoms. The topological polar surface area (TPSA) is 113 Å². The Bertz CT molecular complexity index is 345. The molecule has 0 bridgehead atoms. The summed E-state index contributed by atoms with van der Waals surface area (Å²) in [6, 6.07) is -0.773. The van der Waals surface area contributed by atoms with Crippen LogP contribution in [-0.4, -0.2) is 53.5 Å². The van der Waals surface area contributed by atoms with E-state index in [1.165, 1.54) is 6.92 Å². The van der Waals surface area contributed by atoms with Crippen molar-refractivity contribution in [1.82, 2.24) is 10.2 Å². The molecule has 102 valence electrons. The van der Waals surface area contributed by atoms with E-state index in [4.69, 9.17) is 10.8 Å². The predicted octanol–water partition coefficient (Wildman–Crippen LogP) is -1.23. The number of hydrogen-bond donors (Lipinski definition) is 3. The molecule has 1 aliphatic rings. The number of primary amides is 1. The highest BCUT2D eigenvalue weighted by molar-refractivity contribution is 5.82. The molecule has 7 heteroatoms. The van der Waals surface area contributed by atoms with Crippen LogP contribution in [0.3, 0.4) is 0 Å². The number of aliphatic carboxylic acids is 1. The molecule has 0 aromatic carbocycles. The van der Waals surface area contributed by atoms with Gasteiger partial charge < -0.3 is 15.7 Å². The zero-order valence-electron chi connectivity index (χ0n) is 10.4. The molecule has 2 atom stereocenters. The van der Waals surface area contributed by atoms with Gasteiger partial charge in [0.15, 0.2) is 0 Å². The second kappa shape index (κ2) is 6.34. The summed E-state index contributed by atoms with van der Waals surface area (Å²) < 4.78 is 0. The monoisotopic (exact) mass is 257 g/mol. The number of carboxylic acids is 1. The van der Waals surface area contributed by atoms with Crippen molar-refractivity contribution >= 4 is 17.8 Å². The molecule has 18 heavy (non-hydrogen) atoms. The Morgan fingerprint density at radius 3 is 2.72 bits per heavy atom. The van der Waals surface area contributed by atoms with Crippen LogP contribution in [0.25, 0.3) is 0 Å². The number of carboxylic acid groups (broad SMARTS) is 1. The summed E-state index contributed by atoms with van der Waals surface area (Å²) in [5.41, 5.74) is 5.22. The van der Waals surface area contributed by atoms with Gasteiger partial charge in [-0.15, -0.1) is 0 Å².